The Morgan fingerprint density at radius 1 is 1.07 bits per heavy atom. The molecular formula is C22H24ClN5O2. The van der Waals surface area contributed by atoms with Crippen LogP contribution in [0.2, 0.25) is 5.02 Å². The van der Waals surface area contributed by atoms with Crippen molar-refractivity contribution in [2.75, 3.05) is 43.4 Å². The number of halogens is 1. The number of carbonyl (C=O) groups is 1. The molecule has 0 aliphatic carbocycles. The molecule has 0 saturated carbocycles. The molecule has 30 heavy (non-hydrogen) atoms. The molecule has 156 valence electrons. The Labute approximate surface area is 180 Å². The van der Waals surface area contributed by atoms with Crippen LogP contribution in [0.15, 0.2) is 53.1 Å². The lowest BCUT2D eigenvalue weighted by atomic mass is 10.2. The number of anilines is 2. The number of nitrogens with zero attached hydrogens (tertiary/aromatic N) is 4. The van der Waals surface area contributed by atoms with Crippen LogP contribution in [0.1, 0.15) is 12.3 Å². The maximum Gasteiger partial charge on any atom is 0.227 e. The van der Waals surface area contributed by atoms with E-state index in [0.717, 1.165) is 37.4 Å². The number of amides is 1. The minimum Gasteiger partial charge on any atom is -0.369 e. The molecule has 1 N–H and O–H groups in total. The molecule has 8 heteroatoms. The molecular weight excluding hydrogens is 402 g/mol. The molecule has 0 unspecified atom stereocenters. The standard InChI is InChI=1S/C22H24ClN5O2/c1-27-12-14-28(15-13-27)19-8-6-18(7-9-19)24-20(29)10-11-21-25-22(26-30-21)16-2-4-17(23)5-3-16/h2-9H,10-15H2,1H3,(H,24,29). The molecule has 2 heterocycles. The van der Waals surface area contributed by atoms with Crippen molar-refractivity contribution >= 4 is 28.9 Å². The number of piperazine rings is 1. The minimum atomic E-state index is -0.0893. The van der Waals surface area contributed by atoms with E-state index in [1.807, 2.05) is 24.3 Å². The first-order valence-electron chi connectivity index (χ1n) is 9.99. The fourth-order valence-electron chi connectivity index (χ4n) is 3.34. The molecule has 2 aromatic carbocycles. The van der Waals surface area contributed by atoms with Crippen LogP contribution < -0.4 is 10.2 Å². The summed E-state index contributed by atoms with van der Waals surface area (Å²) >= 11 is 5.90. The van der Waals surface area contributed by atoms with Gasteiger partial charge in [-0.15, -0.1) is 0 Å². The van der Waals surface area contributed by atoms with Gasteiger partial charge in [0.1, 0.15) is 0 Å². The Morgan fingerprint density at radius 2 is 1.77 bits per heavy atom. The first kappa shape index (κ1) is 20.4. The van der Waals surface area contributed by atoms with Crippen LogP contribution >= 0.6 is 11.6 Å². The maximum absolute atomic E-state index is 12.3. The van der Waals surface area contributed by atoms with Gasteiger partial charge in [-0.3, -0.25) is 4.79 Å². The molecule has 0 atom stereocenters. The van der Waals surface area contributed by atoms with E-state index < -0.39 is 0 Å². The van der Waals surface area contributed by atoms with Crippen LogP contribution in [0, 0.1) is 0 Å². The van der Waals surface area contributed by atoms with Gasteiger partial charge in [-0.25, -0.2) is 0 Å². The Kier molecular flexibility index (Phi) is 6.30. The van der Waals surface area contributed by atoms with Gasteiger partial charge in [0.15, 0.2) is 0 Å². The molecule has 0 bridgehead atoms. The predicted molar refractivity (Wildman–Crippen MR) is 118 cm³/mol. The molecule has 7 nitrogen and oxygen atoms in total. The van der Waals surface area contributed by atoms with Gasteiger partial charge in [0.05, 0.1) is 0 Å². The summed E-state index contributed by atoms with van der Waals surface area (Å²) in [6, 6.07) is 15.2. The summed E-state index contributed by atoms with van der Waals surface area (Å²) in [7, 11) is 2.14. The molecule has 3 aromatic rings. The highest BCUT2D eigenvalue weighted by atomic mass is 35.5. The van der Waals surface area contributed by atoms with Crippen LogP contribution in [0.5, 0.6) is 0 Å². The number of rotatable bonds is 6. The number of aryl methyl sites for hydroxylation is 1. The van der Waals surface area contributed by atoms with Gasteiger partial charge in [-0.1, -0.05) is 16.8 Å². The van der Waals surface area contributed by atoms with E-state index in [0.29, 0.717) is 23.2 Å². The molecule has 1 amide bonds. The van der Waals surface area contributed by atoms with E-state index in [4.69, 9.17) is 16.1 Å². The summed E-state index contributed by atoms with van der Waals surface area (Å²) in [5.74, 6) is 0.829. The molecule has 1 aliphatic rings. The van der Waals surface area contributed by atoms with Crippen molar-refractivity contribution in [3.05, 3.63) is 59.4 Å². The van der Waals surface area contributed by atoms with Crippen LogP contribution in [0.25, 0.3) is 11.4 Å². The van der Waals surface area contributed by atoms with Crippen molar-refractivity contribution in [2.45, 2.75) is 12.8 Å². The van der Waals surface area contributed by atoms with Crippen LogP contribution in [-0.4, -0.2) is 54.2 Å². The van der Waals surface area contributed by atoms with Gasteiger partial charge in [-0.05, 0) is 55.6 Å². The van der Waals surface area contributed by atoms with Crippen molar-refractivity contribution in [1.82, 2.24) is 15.0 Å². The Hall–Kier alpha value is -2.90. The van der Waals surface area contributed by atoms with Gasteiger partial charge in [0, 0.05) is 61.0 Å². The number of carbonyl (C=O) groups excluding carboxylic acids is 1. The number of aromatic nitrogens is 2. The van der Waals surface area contributed by atoms with Crippen molar-refractivity contribution in [3.63, 3.8) is 0 Å². The van der Waals surface area contributed by atoms with Crippen LogP contribution in [0.3, 0.4) is 0 Å². The van der Waals surface area contributed by atoms with Gasteiger partial charge in [0.2, 0.25) is 17.6 Å². The van der Waals surface area contributed by atoms with E-state index in [9.17, 15) is 4.79 Å². The quantitative estimate of drug-likeness (QED) is 0.648. The van der Waals surface area contributed by atoms with E-state index >= 15 is 0 Å². The number of hydrogen-bond donors (Lipinski definition) is 1. The molecule has 0 spiro atoms. The van der Waals surface area contributed by atoms with Crippen molar-refractivity contribution in [3.8, 4) is 11.4 Å². The Balaban J connectivity index is 1.27. The van der Waals surface area contributed by atoms with Gasteiger partial charge < -0.3 is 19.6 Å². The second-order valence-corrected chi connectivity index (χ2v) is 7.84. The van der Waals surface area contributed by atoms with E-state index in [-0.39, 0.29) is 12.3 Å². The second-order valence-electron chi connectivity index (χ2n) is 7.40. The zero-order chi connectivity index (χ0) is 20.9. The minimum absolute atomic E-state index is 0.0893. The molecule has 1 saturated heterocycles. The molecule has 4 rings (SSSR count). The monoisotopic (exact) mass is 425 g/mol. The van der Waals surface area contributed by atoms with Crippen LogP contribution in [-0.2, 0) is 11.2 Å². The average Bonchev–Trinajstić information content (AvgIpc) is 3.23. The maximum atomic E-state index is 12.3. The highest BCUT2D eigenvalue weighted by molar-refractivity contribution is 6.30. The zero-order valence-corrected chi connectivity index (χ0v) is 17.6. The number of hydrogen-bond acceptors (Lipinski definition) is 6. The smallest absolute Gasteiger partial charge is 0.227 e. The first-order chi connectivity index (χ1) is 14.6. The summed E-state index contributed by atoms with van der Waals surface area (Å²) in [4.78, 5) is 21.3. The fraction of sp³-hybridized carbons (Fsp3) is 0.318. The van der Waals surface area contributed by atoms with E-state index in [1.165, 1.54) is 5.69 Å². The SMILES string of the molecule is CN1CCN(c2ccc(NC(=O)CCc3nc(-c4ccc(Cl)cc4)no3)cc2)CC1. The largest absolute Gasteiger partial charge is 0.369 e. The normalized spacial score (nSPS) is 14.7. The van der Waals surface area contributed by atoms with Gasteiger partial charge >= 0.3 is 0 Å². The summed E-state index contributed by atoms with van der Waals surface area (Å²) < 4.78 is 5.26. The molecule has 0 radical (unpaired) electrons. The fourth-order valence-corrected chi connectivity index (χ4v) is 3.46. The molecule has 1 fully saturated rings. The van der Waals surface area contributed by atoms with E-state index in [1.54, 1.807) is 12.1 Å². The predicted octanol–water partition coefficient (Wildman–Crippen LogP) is 3.71. The third kappa shape index (κ3) is 5.17. The van der Waals surface area contributed by atoms with Gasteiger partial charge in [-0.2, -0.15) is 4.98 Å². The van der Waals surface area contributed by atoms with Crippen LogP contribution in [0.4, 0.5) is 11.4 Å². The Bertz CT molecular complexity index is 980. The Morgan fingerprint density at radius 3 is 2.47 bits per heavy atom. The number of nitrogens with one attached hydrogen (secondary N) is 1. The number of likely N-dealkylation sites (N-methyl/N-ethyl adjacent to an activating group) is 1. The molecule has 1 aromatic heterocycles. The first-order valence-corrected chi connectivity index (χ1v) is 10.4. The van der Waals surface area contributed by atoms with Crippen molar-refractivity contribution in [1.29, 1.82) is 0 Å². The lowest BCUT2D eigenvalue weighted by Crippen LogP contribution is -2.44. The summed E-state index contributed by atoms with van der Waals surface area (Å²) in [6.07, 6.45) is 0.647. The lowest BCUT2D eigenvalue weighted by Gasteiger charge is -2.34. The average molecular weight is 426 g/mol. The third-order valence-corrected chi connectivity index (χ3v) is 5.41. The second kappa shape index (κ2) is 9.28. The highest BCUT2D eigenvalue weighted by Gasteiger charge is 2.14. The third-order valence-electron chi connectivity index (χ3n) is 5.16. The lowest BCUT2D eigenvalue weighted by molar-refractivity contribution is -0.116. The highest BCUT2D eigenvalue weighted by Crippen LogP contribution is 2.21. The zero-order valence-electron chi connectivity index (χ0n) is 16.8. The van der Waals surface area contributed by atoms with Gasteiger partial charge in [0.25, 0.3) is 0 Å². The molecule has 1 aliphatic heterocycles. The summed E-state index contributed by atoms with van der Waals surface area (Å²) in [6.45, 7) is 4.16. The topological polar surface area (TPSA) is 74.5 Å². The summed E-state index contributed by atoms with van der Waals surface area (Å²) in [5.41, 5.74) is 2.78. The number of benzene rings is 2. The van der Waals surface area contributed by atoms with Crippen molar-refractivity contribution < 1.29 is 9.32 Å². The van der Waals surface area contributed by atoms with Crippen molar-refractivity contribution in [2.24, 2.45) is 0 Å². The summed E-state index contributed by atoms with van der Waals surface area (Å²) in [5, 5.41) is 7.54. The van der Waals surface area contributed by atoms with E-state index in [2.05, 4.69) is 44.4 Å².